The fourth-order valence-corrected chi connectivity index (χ4v) is 5.92. The Bertz CT molecular complexity index is 1540. The first-order valence-electron chi connectivity index (χ1n) is 14.3. The Morgan fingerprint density at radius 3 is 1.73 bits per heavy atom. The maximum atomic E-state index is 14.8. The van der Waals surface area contributed by atoms with Gasteiger partial charge in [-0.3, -0.25) is 4.79 Å². The zero-order valence-electron chi connectivity index (χ0n) is 25.7. The summed E-state index contributed by atoms with van der Waals surface area (Å²) in [6.45, 7) is 5.95. The normalized spacial score (nSPS) is 21.1. The van der Waals surface area contributed by atoms with Crippen LogP contribution in [0, 0.1) is 5.41 Å². The number of hydrogen-bond acceptors (Lipinski definition) is 8. The average molecular weight is 597 g/mol. The van der Waals surface area contributed by atoms with Gasteiger partial charge in [-0.2, -0.15) is 0 Å². The average Bonchev–Trinajstić information content (AvgIpc) is 3.40. The predicted octanol–water partition coefficient (Wildman–Crippen LogP) is 5.88. The lowest BCUT2D eigenvalue weighted by Crippen LogP contribution is -2.68. The third kappa shape index (κ3) is 4.94. The van der Waals surface area contributed by atoms with E-state index in [0.717, 1.165) is 25.3 Å². The van der Waals surface area contributed by atoms with Crippen LogP contribution in [0.25, 0.3) is 0 Å². The van der Waals surface area contributed by atoms with Gasteiger partial charge in [0.1, 0.15) is 5.75 Å². The minimum absolute atomic E-state index is 0.346. The molecule has 1 aliphatic carbocycles. The number of ketones is 1. The van der Waals surface area contributed by atoms with Crippen molar-refractivity contribution < 1.29 is 38.1 Å². The van der Waals surface area contributed by atoms with Crippen LogP contribution in [0.2, 0.25) is 0 Å². The number of ether oxygens (including phenoxy) is 5. The molecule has 0 radical (unpaired) electrons. The molecule has 0 saturated carbocycles. The number of rotatable bonds is 7. The predicted molar refractivity (Wildman–Crippen MR) is 163 cm³/mol. The lowest BCUT2D eigenvalue weighted by Gasteiger charge is -2.43. The largest absolute Gasteiger partial charge is 0.497 e. The van der Waals surface area contributed by atoms with E-state index in [1.807, 2.05) is 87.5 Å². The van der Waals surface area contributed by atoms with Crippen molar-refractivity contribution in [3.05, 3.63) is 125 Å². The Morgan fingerprint density at radius 2 is 1.27 bits per heavy atom. The van der Waals surface area contributed by atoms with Gasteiger partial charge < -0.3 is 23.7 Å². The van der Waals surface area contributed by atoms with Crippen molar-refractivity contribution in [1.82, 2.24) is 0 Å². The van der Waals surface area contributed by atoms with Gasteiger partial charge in [0.05, 0.1) is 21.3 Å². The molecule has 1 saturated heterocycles. The Hall–Kier alpha value is -4.53. The van der Waals surface area contributed by atoms with Crippen LogP contribution in [-0.2, 0) is 33.3 Å². The van der Waals surface area contributed by atoms with Crippen LogP contribution in [-0.4, -0.2) is 50.3 Å². The molecule has 1 aliphatic heterocycles. The Kier molecular flexibility index (Phi) is 8.34. The highest BCUT2D eigenvalue weighted by Gasteiger charge is 2.77. The molecule has 2 atom stereocenters. The first-order chi connectivity index (χ1) is 21.0. The number of carbonyl (C=O) groups excluding carboxylic acids is 3. The lowest BCUT2D eigenvalue weighted by atomic mass is 9.63. The van der Waals surface area contributed by atoms with Crippen LogP contribution in [0.15, 0.2) is 108 Å². The van der Waals surface area contributed by atoms with Gasteiger partial charge >= 0.3 is 17.5 Å². The summed E-state index contributed by atoms with van der Waals surface area (Å²) in [6, 6.07) is 25.8. The third-order valence-corrected chi connectivity index (χ3v) is 8.19. The number of methoxy groups -OCH3 is 3. The van der Waals surface area contributed by atoms with Gasteiger partial charge in [-0.1, -0.05) is 99.6 Å². The van der Waals surface area contributed by atoms with Crippen molar-refractivity contribution in [3.63, 3.8) is 0 Å². The number of esters is 2. The Labute approximate surface area is 257 Å². The van der Waals surface area contributed by atoms with Crippen molar-refractivity contribution >= 4 is 17.7 Å². The summed E-state index contributed by atoms with van der Waals surface area (Å²) in [5, 5.41) is 0. The van der Waals surface area contributed by atoms with Crippen molar-refractivity contribution in [2.45, 2.75) is 44.2 Å². The smallest absolute Gasteiger partial charge is 0.354 e. The van der Waals surface area contributed by atoms with Gasteiger partial charge in [0, 0.05) is 11.5 Å². The molecule has 3 aromatic rings. The summed E-state index contributed by atoms with van der Waals surface area (Å²) >= 11 is 0. The molecule has 5 rings (SSSR count). The van der Waals surface area contributed by atoms with E-state index in [4.69, 9.17) is 23.7 Å². The SMILES string of the molecule is COC(=O)C1(C(=O)OC)O[C@H](c2ccc(OC)cc2)O[C@@]12C(=O)C=C(C(C)(C)C)C=C2C(c1ccccc1)c1ccccc1. The molecule has 0 unspecified atom stereocenters. The van der Waals surface area contributed by atoms with E-state index in [1.54, 1.807) is 24.3 Å². The number of allylic oxidation sites excluding steroid dienone is 2. The fourth-order valence-electron chi connectivity index (χ4n) is 5.92. The summed E-state index contributed by atoms with van der Waals surface area (Å²) in [4.78, 5) is 42.8. The molecular weight excluding hydrogens is 560 g/mol. The summed E-state index contributed by atoms with van der Waals surface area (Å²) in [7, 11) is 3.80. The van der Waals surface area contributed by atoms with E-state index >= 15 is 0 Å². The quantitative estimate of drug-likeness (QED) is 0.247. The Morgan fingerprint density at radius 1 is 0.750 bits per heavy atom. The van der Waals surface area contributed by atoms with E-state index < -0.39 is 46.5 Å². The Balaban J connectivity index is 1.87. The molecular formula is C36H36O8. The minimum Gasteiger partial charge on any atom is -0.497 e. The molecule has 1 spiro atoms. The highest BCUT2D eigenvalue weighted by Crippen LogP contribution is 2.57. The van der Waals surface area contributed by atoms with Crippen LogP contribution in [0.5, 0.6) is 5.75 Å². The van der Waals surface area contributed by atoms with Gasteiger partial charge in [0.2, 0.25) is 5.60 Å². The van der Waals surface area contributed by atoms with Gasteiger partial charge in [0.15, 0.2) is 12.1 Å². The second kappa shape index (κ2) is 11.9. The molecule has 0 aromatic heterocycles. The topological polar surface area (TPSA) is 97.4 Å². The van der Waals surface area contributed by atoms with Gasteiger partial charge in [-0.15, -0.1) is 0 Å². The number of carbonyl (C=O) groups is 3. The second-order valence-electron chi connectivity index (χ2n) is 11.8. The summed E-state index contributed by atoms with van der Waals surface area (Å²) in [5.74, 6) is -2.93. The van der Waals surface area contributed by atoms with E-state index in [9.17, 15) is 14.4 Å². The summed E-state index contributed by atoms with van der Waals surface area (Å²) in [5.41, 5.74) is -2.31. The second-order valence-corrected chi connectivity index (χ2v) is 11.8. The number of benzene rings is 3. The molecule has 44 heavy (non-hydrogen) atoms. The zero-order chi connectivity index (χ0) is 31.7. The van der Waals surface area contributed by atoms with E-state index in [2.05, 4.69) is 0 Å². The fraction of sp³-hybridized carbons (Fsp3) is 0.306. The van der Waals surface area contributed by atoms with Crippen molar-refractivity contribution in [3.8, 4) is 5.75 Å². The third-order valence-electron chi connectivity index (χ3n) is 8.19. The van der Waals surface area contributed by atoms with Crippen LogP contribution < -0.4 is 4.74 Å². The highest BCUT2D eigenvalue weighted by molar-refractivity contribution is 6.17. The van der Waals surface area contributed by atoms with Crippen LogP contribution in [0.1, 0.15) is 49.7 Å². The van der Waals surface area contributed by atoms with Gasteiger partial charge in [-0.05, 0) is 45.9 Å². The molecule has 0 amide bonds. The van der Waals surface area contributed by atoms with Crippen LogP contribution in [0.4, 0.5) is 0 Å². The van der Waals surface area contributed by atoms with Crippen molar-refractivity contribution in [2.75, 3.05) is 21.3 Å². The molecule has 2 aliphatic rings. The van der Waals surface area contributed by atoms with E-state index in [-0.39, 0.29) is 0 Å². The molecule has 8 heteroatoms. The molecule has 1 fully saturated rings. The summed E-state index contributed by atoms with van der Waals surface area (Å²) in [6.07, 6.45) is 1.95. The van der Waals surface area contributed by atoms with Crippen LogP contribution >= 0.6 is 0 Å². The molecule has 228 valence electrons. The van der Waals surface area contributed by atoms with Crippen molar-refractivity contribution in [1.29, 1.82) is 0 Å². The standard InChI is InChI=1S/C36H36O8/c1-34(2,3)26-21-28(30(23-13-9-7-10-14-23)24-15-11-8-12-16-24)35(29(37)22-26)36(32(38)41-5,33(39)42-6)44-31(43-35)25-17-19-27(40-4)20-18-25/h7-22,30-31H,1-6H3/t31-,35+/m1/s1. The van der Waals surface area contributed by atoms with Gasteiger partial charge in [-0.25, -0.2) is 9.59 Å². The first kappa shape index (κ1) is 30.9. The minimum atomic E-state index is -2.65. The summed E-state index contributed by atoms with van der Waals surface area (Å²) < 4.78 is 28.8. The molecule has 1 heterocycles. The molecule has 0 bridgehead atoms. The van der Waals surface area contributed by atoms with E-state index in [1.165, 1.54) is 13.2 Å². The van der Waals surface area contributed by atoms with Gasteiger partial charge in [0.25, 0.3) is 0 Å². The van der Waals surface area contributed by atoms with Crippen LogP contribution in [0.3, 0.4) is 0 Å². The molecule has 8 nitrogen and oxygen atoms in total. The molecule has 3 aromatic carbocycles. The maximum Gasteiger partial charge on any atom is 0.354 e. The number of hydrogen-bond donors (Lipinski definition) is 0. The van der Waals surface area contributed by atoms with Crippen molar-refractivity contribution in [2.24, 2.45) is 5.41 Å². The van der Waals surface area contributed by atoms with E-state index in [0.29, 0.717) is 22.5 Å². The lowest BCUT2D eigenvalue weighted by molar-refractivity contribution is -0.191. The monoisotopic (exact) mass is 596 g/mol. The maximum absolute atomic E-state index is 14.8. The zero-order valence-corrected chi connectivity index (χ0v) is 25.7. The first-order valence-corrected chi connectivity index (χ1v) is 14.3. The molecule has 0 N–H and O–H groups in total. The highest BCUT2D eigenvalue weighted by atomic mass is 16.8.